The Morgan fingerprint density at radius 3 is 2.63 bits per heavy atom. The van der Waals surface area contributed by atoms with Crippen molar-refractivity contribution in [1.82, 2.24) is 4.98 Å². The second-order valence-electron chi connectivity index (χ2n) is 3.72. The summed E-state index contributed by atoms with van der Waals surface area (Å²) in [6, 6.07) is 9.86. The van der Waals surface area contributed by atoms with Gasteiger partial charge in [0.15, 0.2) is 0 Å². The number of anilines is 1. The van der Waals surface area contributed by atoms with Crippen molar-refractivity contribution in [2.75, 3.05) is 5.32 Å². The molecular weight excluding hydrogens is 310 g/mol. The molecular formula is C13H10BrN3O2. The molecule has 1 aromatic heterocycles. The predicted octanol–water partition coefficient (Wildman–Crippen LogP) is 2.20. The average molecular weight is 320 g/mol. The number of rotatable bonds is 3. The number of pyridine rings is 1. The molecule has 0 aliphatic carbocycles. The van der Waals surface area contributed by atoms with E-state index in [4.69, 9.17) is 5.73 Å². The van der Waals surface area contributed by atoms with Gasteiger partial charge in [0.05, 0.1) is 11.3 Å². The molecule has 1 heterocycles. The number of amides is 2. The zero-order chi connectivity index (χ0) is 13.8. The molecule has 0 unspecified atom stereocenters. The molecule has 19 heavy (non-hydrogen) atoms. The minimum absolute atomic E-state index is 0.235. The summed E-state index contributed by atoms with van der Waals surface area (Å²) in [6.45, 7) is 0. The van der Waals surface area contributed by atoms with Crippen LogP contribution in [0.4, 0.5) is 5.69 Å². The van der Waals surface area contributed by atoms with Crippen molar-refractivity contribution < 1.29 is 9.59 Å². The zero-order valence-electron chi connectivity index (χ0n) is 9.76. The largest absolute Gasteiger partial charge is 0.366 e. The van der Waals surface area contributed by atoms with Crippen LogP contribution in [0.15, 0.2) is 47.1 Å². The molecule has 0 atom stereocenters. The summed E-state index contributed by atoms with van der Waals surface area (Å²) in [5, 5.41) is 2.61. The van der Waals surface area contributed by atoms with Crippen LogP contribution >= 0.6 is 15.9 Å². The second kappa shape index (κ2) is 5.62. The summed E-state index contributed by atoms with van der Waals surface area (Å²) in [5.41, 5.74) is 6.12. The van der Waals surface area contributed by atoms with Gasteiger partial charge in [0.2, 0.25) is 0 Å². The number of hydrogen-bond acceptors (Lipinski definition) is 3. The highest BCUT2D eigenvalue weighted by atomic mass is 79.9. The molecule has 0 saturated heterocycles. The molecule has 0 radical (unpaired) electrons. The summed E-state index contributed by atoms with van der Waals surface area (Å²) >= 11 is 3.24. The number of primary amides is 1. The van der Waals surface area contributed by atoms with E-state index in [1.807, 2.05) is 0 Å². The molecule has 6 heteroatoms. The summed E-state index contributed by atoms with van der Waals surface area (Å²) in [6.07, 6.45) is 1.52. The van der Waals surface area contributed by atoms with Crippen LogP contribution in [0.25, 0.3) is 0 Å². The van der Waals surface area contributed by atoms with E-state index < -0.39 is 11.8 Å². The SMILES string of the molecule is NC(=O)c1cc(Br)ccc1NC(=O)c1ccccn1. The van der Waals surface area contributed by atoms with Gasteiger partial charge in [-0.15, -0.1) is 0 Å². The molecule has 0 fully saturated rings. The van der Waals surface area contributed by atoms with E-state index in [-0.39, 0.29) is 11.3 Å². The number of aromatic nitrogens is 1. The highest BCUT2D eigenvalue weighted by Gasteiger charge is 2.13. The Labute approximate surface area is 118 Å². The van der Waals surface area contributed by atoms with Crippen molar-refractivity contribution in [3.05, 3.63) is 58.3 Å². The molecule has 0 aliphatic heterocycles. The Kier molecular flexibility index (Phi) is 3.91. The molecule has 3 N–H and O–H groups in total. The van der Waals surface area contributed by atoms with Gasteiger partial charge in [-0.3, -0.25) is 14.6 Å². The molecule has 0 bridgehead atoms. The minimum atomic E-state index is -0.613. The Morgan fingerprint density at radius 1 is 1.21 bits per heavy atom. The summed E-state index contributed by atoms with van der Waals surface area (Å²) < 4.78 is 0.706. The average Bonchev–Trinajstić information content (AvgIpc) is 2.41. The van der Waals surface area contributed by atoms with E-state index in [0.717, 1.165) is 0 Å². The van der Waals surface area contributed by atoms with Crippen LogP contribution < -0.4 is 11.1 Å². The van der Waals surface area contributed by atoms with Gasteiger partial charge in [-0.1, -0.05) is 22.0 Å². The fraction of sp³-hybridized carbons (Fsp3) is 0. The van der Waals surface area contributed by atoms with Crippen molar-refractivity contribution in [2.45, 2.75) is 0 Å². The van der Waals surface area contributed by atoms with E-state index in [1.165, 1.54) is 6.20 Å². The first-order valence-electron chi connectivity index (χ1n) is 5.39. The maximum Gasteiger partial charge on any atom is 0.274 e. The Morgan fingerprint density at radius 2 is 2.00 bits per heavy atom. The van der Waals surface area contributed by atoms with Crippen molar-refractivity contribution in [3.63, 3.8) is 0 Å². The number of benzene rings is 1. The number of nitrogens with one attached hydrogen (secondary N) is 1. The summed E-state index contributed by atoms with van der Waals surface area (Å²) in [5.74, 6) is -1.01. The molecule has 2 aromatic rings. The first-order chi connectivity index (χ1) is 9.08. The van der Waals surface area contributed by atoms with Crippen LogP contribution in [-0.2, 0) is 0 Å². The van der Waals surface area contributed by atoms with Crippen LogP contribution in [0.5, 0.6) is 0 Å². The molecule has 0 saturated carbocycles. The van der Waals surface area contributed by atoms with Gasteiger partial charge in [-0.25, -0.2) is 0 Å². The monoisotopic (exact) mass is 319 g/mol. The lowest BCUT2D eigenvalue weighted by Crippen LogP contribution is -2.19. The normalized spacial score (nSPS) is 9.95. The van der Waals surface area contributed by atoms with Crippen LogP contribution in [0.3, 0.4) is 0 Å². The van der Waals surface area contributed by atoms with Crippen molar-refractivity contribution >= 4 is 33.4 Å². The first kappa shape index (κ1) is 13.2. The number of halogens is 1. The van der Waals surface area contributed by atoms with Gasteiger partial charge in [-0.05, 0) is 30.3 Å². The molecule has 2 rings (SSSR count). The van der Waals surface area contributed by atoms with Crippen molar-refractivity contribution in [3.8, 4) is 0 Å². The predicted molar refractivity (Wildman–Crippen MR) is 74.9 cm³/mol. The zero-order valence-corrected chi connectivity index (χ0v) is 11.3. The fourth-order valence-corrected chi connectivity index (χ4v) is 1.87. The number of hydrogen-bond donors (Lipinski definition) is 2. The lowest BCUT2D eigenvalue weighted by molar-refractivity contribution is 0.100. The van der Waals surface area contributed by atoms with Gasteiger partial charge < -0.3 is 11.1 Å². The lowest BCUT2D eigenvalue weighted by atomic mass is 10.1. The van der Waals surface area contributed by atoms with Crippen LogP contribution in [0, 0.1) is 0 Å². The topological polar surface area (TPSA) is 85.1 Å². The summed E-state index contributed by atoms with van der Waals surface area (Å²) in [7, 11) is 0. The standard InChI is InChI=1S/C13H10BrN3O2/c14-8-4-5-10(9(7-8)12(15)18)17-13(19)11-3-1-2-6-16-11/h1-7H,(H2,15,18)(H,17,19). The molecule has 96 valence electrons. The lowest BCUT2D eigenvalue weighted by Gasteiger charge is -2.09. The minimum Gasteiger partial charge on any atom is -0.366 e. The van der Waals surface area contributed by atoms with Crippen LogP contribution in [0.1, 0.15) is 20.8 Å². The van der Waals surface area contributed by atoms with Gasteiger partial charge >= 0.3 is 0 Å². The number of carbonyl (C=O) groups excluding carboxylic acids is 2. The Bertz CT molecular complexity index is 629. The second-order valence-corrected chi connectivity index (χ2v) is 4.64. The third-order valence-electron chi connectivity index (χ3n) is 2.39. The maximum absolute atomic E-state index is 11.9. The smallest absolute Gasteiger partial charge is 0.274 e. The van der Waals surface area contributed by atoms with Crippen molar-refractivity contribution in [1.29, 1.82) is 0 Å². The van der Waals surface area contributed by atoms with Gasteiger partial charge in [0.1, 0.15) is 5.69 Å². The molecule has 0 spiro atoms. The molecule has 1 aromatic carbocycles. The highest BCUT2D eigenvalue weighted by Crippen LogP contribution is 2.21. The summed E-state index contributed by atoms with van der Waals surface area (Å²) in [4.78, 5) is 27.2. The fourth-order valence-electron chi connectivity index (χ4n) is 1.51. The van der Waals surface area contributed by atoms with E-state index in [9.17, 15) is 9.59 Å². The number of carbonyl (C=O) groups is 2. The van der Waals surface area contributed by atoms with Crippen molar-refractivity contribution in [2.24, 2.45) is 5.73 Å². The molecule has 2 amide bonds. The van der Waals surface area contributed by atoms with Gasteiger partial charge in [-0.2, -0.15) is 0 Å². The number of nitrogens with zero attached hydrogens (tertiary/aromatic N) is 1. The third kappa shape index (κ3) is 3.17. The van der Waals surface area contributed by atoms with E-state index in [1.54, 1.807) is 36.4 Å². The van der Waals surface area contributed by atoms with Gasteiger partial charge in [0, 0.05) is 10.7 Å². The van der Waals surface area contributed by atoms with Gasteiger partial charge in [0.25, 0.3) is 11.8 Å². The molecule has 0 aliphatic rings. The number of nitrogens with two attached hydrogens (primary N) is 1. The van der Waals surface area contributed by atoms with E-state index in [0.29, 0.717) is 10.2 Å². The Balaban J connectivity index is 2.29. The van der Waals surface area contributed by atoms with E-state index >= 15 is 0 Å². The van der Waals surface area contributed by atoms with Crippen LogP contribution in [-0.4, -0.2) is 16.8 Å². The molecule has 5 nitrogen and oxygen atoms in total. The van der Waals surface area contributed by atoms with E-state index in [2.05, 4.69) is 26.2 Å². The van der Waals surface area contributed by atoms with Crippen LogP contribution in [0.2, 0.25) is 0 Å². The Hall–Kier alpha value is -2.21. The first-order valence-corrected chi connectivity index (χ1v) is 6.19. The highest BCUT2D eigenvalue weighted by molar-refractivity contribution is 9.10. The third-order valence-corrected chi connectivity index (χ3v) is 2.89. The quantitative estimate of drug-likeness (QED) is 0.909. The maximum atomic E-state index is 11.9.